The molecular weight excluding hydrogens is 236 g/mol. The van der Waals surface area contributed by atoms with Gasteiger partial charge in [0.05, 0.1) is 6.10 Å². The second kappa shape index (κ2) is 8.93. The molecule has 0 radical (unpaired) electrons. The van der Waals surface area contributed by atoms with Crippen LogP contribution in [0.3, 0.4) is 0 Å². The van der Waals surface area contributed by atoms with Crippen molar-refractivity contribution in [1.29, 1.82) is 0 Å². The van der Waals surface area contributed by atoms with E-state index in [0.717, 1.165) is 25.9 Å². The highest BCUT2D eigenvalue weighted by Gasteiger charge is 2.29. The predicted octanol–water partition coefficient (Wildman–Crippen LogP) is 2.64. The van der Waals surface area contributed by atoms with Crippen LogP contribution in [0.4, 0.5) is 0 Å². The molecule has 3 heteroatoms. The van der Waals surface area contributed by atoms with Crippen LogP contribution < -0.4 is 5.32 Å². The van der Waals surface area contributed by atoms with E-state index in [-0.39, 0.29) is 6.10 Å². The quantitative estimate of drug-likeness (QED) is 0.712. The third-order valence-electron chi connectivity index (χ3n) is 4.54. The van der Waals surface area contributed by atoms with E-state index >= 15 is 0 Å². The van der Waals surface area contributed by atoms with E-state index in [2.05, 4.69) is 37.9 Å². The fourth-order valence-electron chi connectivity index (χ4n) is 3.08. The summed E-state index contributed by atoms with van der Waals surface area (Å²) in [7, 11) is 0. The van der Waals surface area contributed by atoms with Gasteiger partial charge < -0.3 is 10.4 Å². The number of aliphatic hydroxyl groups excluding tert-OH is 1. The van der Waals surface area contributed by atoms with Crippen molar-refractivity contribution in [2.75, 3.05) is 19.6 Å². The normalized spacial score (nSPS) is 28.3. The molecular formula is C16H34N2O. The number of rotatable bonds is 8. The van der Waals surface area contributed by atoms with Crippen LogP contribution in [0.25, 0.3) is 0 Å². The highest BCUT2D eigenvalue weighted by atomic mass is 16.3. The Bertz CT molecular complexity index is 235. The first-order valence-corrected chi connectivity index (χ1v) is 8.26. The fourth-order valence-corrected chi connectivity index (χ4v) is 3.08. The van der Waals surface area contributed by atoms with Crippen LogP contribution in [-0.2, 0) is 0 Å². The summed E-state index contributed by atoms with van der Waals surface area (Å²) in [5, 5.41) is 13.6. The smallest absolute Gasteiger partial charge is 0.0540 e. The van der Waals surface area contributed by atoms with Gasteiger partial charge in [0.1, 0.15) is 0 Å². The summed E-state index contributed by atoms with van der Waals surface area (Å²) < 4.78 is 0. The first-order chi connectivity index (χ1) is 9.10. The fraction of sp³-hybridized carbons (Fsp3) is 1.00. The molecule has 1 heterocycles. The molecule has 0 saturated carbocycles. The second-order valence-electron chi connectivity index (χ2n) is 6.26. The Morgan fingerprint density at radius 2 is 1.95 bits per heavy atom. The van der Waals surface area contributed by atoms with Gasteiger partial charge >= 0.3 is 0 Å². The minimum absolute atomic E-state index is 0.117. The molecule has 3 nitrogen and oxygen atoms in total. The number of piperidine rings is 1. The van der Waals surface area contributed by atoms with Crippen molar-refractivity contribution in [1.82, 2.24) is 10.2 Å². The summed E-state index contributed by atoms with van der Waals surface area (Å²) in [6.45, 7) is 12.3. The lowest BCUT2D eigenvalue weighted by Gasteiger charge is -2.41. The number of nitrogens with one attached hydrogen (secondary N) is 1. The Labute approximate surface area is 119 Å². The summed E-state index contributed by atoms with van der Waals surface area (Å²) in [4.78, 5) is 2.61. The van der Waals surface area contributed by atoms with Crippen LogP contribution in [0.5, 0.6) is 0 Å². The molecule has 0 aromatic carbocycles. The molecule has 4 atom stereocenters. The maximum Gasteiger partial charge on any atom is 0.0540 e. The van der Waals surface area contributed by atoms with Crippen molar-refractivity contribution < 1.29 is 5.11 Å². The molecule has 1 aliphatic heterocycles. The minimum Gasteiger partial charge on any atom is -0.393 e. The van der Waals surface area contributed by atoms with Crippen LogP contribution in [0.15, 0.2) is 0 Å². The zero-order chi connectivity index (χ0) is 14.3. The van der Waals surface area contributed by atoms with Gasteiger partial charge in [-0.3, -0.25) is 4.90 Å². The molecule has 2 N–H and O–H groups in total. The Morgan fingerprint density at radius 3 is 2.53 bits per heavy atom. The van der Waals surface area contributed by atoms with Crippen molar-refractivity contribution in [3.8, 4) is 0 Å². The van der Waals surface area contributed by atoms with E-state index in [1.165, 1.54) is 25.8 Å². The number of likely N-dealkylation sites (tertiary alicyclic amines) is 1. The Kier molecular flexibility index (Phi) is 7.96. The van der Waals surface area contributed by atoms with E-state index in [9.17, 15) is 5.11 Å². The molecule has 0 aromatic rings. The molecule has 1 fully saturated rings. The number of nitrogens with zero attached hydrogens (tertiary/aromatic N) is 1. The van der Waals surface area contributed by atoms with Gasteiger partial charge in [-0.2, -0.15) is 0 Å². The molecule has 1 rings (SSSR count). The van der Waals surface area contributed by atoms with Crippen molar-refractivity contribution in [2.24, 2.45) is 5.92 Å². The Hall–Kier alpha value is -0.120. The molecule has 0 amide bonds. The molecule has 1 saturated heterocycles. The monoisotopic (exact) mass is 270 g/mol. The van der Waals surface area contributed by atoms with Crippen molar-refractivity contribution in [3.63, 3.8) is 0 Å². The lowest BCUT2D eigenvalue weighted by molar-refractivity contribution is 0.0646. The van der Waals surface area contributed by atoms with Crippen LogP contribution >= 0.6 is 0 Å². The lowest BCUT2D eigenvalue weighted by Crippen LogP contribution is -2.52. The van der Waals surface area contributed by atoms with Crippen LogP contribution in [0.1, 0.15) is 59.8 Å². The molecule has 0 aliphatic carbocycles. The zero-order valence-corrected chi connectivity index (χ0v) is 13.4. The van der Waals surface area contributed by atoms with Gasteiger partial charge in [-0.05, 0) is 51.5 Å². The molecule has 1 aliphatic rings. The van der Waals surface area contributed by atoms with E-state index in [4.69, 9.17) is 0 Å². The summed E-state index contributed by atoms with van der Waals surface area (Å²) >= 11 is 0. The largest absolute Gasteiger partial charge is 0.393 e. The standard InChI is InChI=1S/C16H34N2O/c1-5-8-17-15-9-14(10-16(19)7-3)11-18(12-15)13(4)6-2/h13-17,19H,5-12H2,1-4H3. The van der Waals surface area contributed by atoms with Crippen LogP contribution in [0.2, 0.25) is 0 Å². The van der Waals surface area contributed by atoms with Gasteiger partial charge in [0.25, 0.3) is 0 Å². The van der Waals surface area contributed by atoms with Crippen molar-refractivity contribution in [2.45, 2.75) is 78.0 Å². The Balaban J connectivity index is 2.55. The molecule has 19 heavy (non-hydrogen) atoms. The van der Waals surface area contributed by atoms with Gasteiger partial charge in [0, 0.05) is 25.2 Å². The second-order valence-corrected chi connectivity index (χ2v) is 6.26. The van der Waals surface area contributed by atoms with Gasteiger partial charge in [-0.15, -0.1) is 0 Å². The van der Waals surface area contributed by atoms with Gasteiger partial charge in [0.2, 0.25) is 0 Å². The maximum atomic E-state index is 9.92. The van der Waals surface area contributed by atoms with Gasteiger partial charge in [-0.25, -0.2) is 0 Å². The Morgan fingerprint density at radius 1 is 1.21 bits per heavy atom. The zero-order valence-electron chi connectivity index (χ0n) is 13.4. The highest BCUT2D eigenvalue weighted by Crippen LogP contribution is 2.24. The van der Waals surface area contributed by atoms with E-state index < -0.39 is 0 Å². The van der Waals surface area contributed by atoms with Gasteiger partial charge in [0.15, 0.2) is 0 Å². The topological polar surface area (TPSA) is 35.5 Å². The highest BCUT2D eigenvalue weighted by molar-refractivity contribution is 4.86. The van der Waals surface area contributed by atoms with E-state index in [1.807, 2.05) is 0 Å². The molecule has 114 valence electrons. The lowest BCUT2D eigenvalue weighted by atomic mass is 9.88. The van der Waals surface area contributed by atoms with E-state index in [0.29, 0.717) is 18.0 Å². The van der Waals surface area contributed by atoms with Crippen molar-refractivity contribution >= 4 is 0 Å². The summed E-state index contributed by atoms with van der Waals surface area (Å²) in [5.74, 6) is 0.645. The molecule has 0 aromatic heterocycles. The average molecular weight is 270 g/mol. The first kappa shape index (κ1) is 16.9. The first-order valence-electron chi connectivity index (χ1n) is 8.26. The minimum atomic E-state index is -0.117. The van der Waals surface area contributed by atoms with Gasteiger partial charge in [-0.1, -0.05) is 20.8 Å². The molecule has 4 unspecified atom stereocenters. The summed E-state index contributed by atoms with van der Waals surface area (Å²) in [5.41, 5.74) is 0. The van der Waals surface area contributed by atoms with E-state index in [1.54, 1.807) is 0 Å². The van der Waals surface area contributed by atoms with Crippen molar-refractivity contribution in [3.05, 3.63) is 0 Å². The SMILES string of the molecule is CCCNC1CC(CC(O)CC)CN(C(C)CC)C1. The average Bonchev–Trinajstić information content (AvgIpc) is 2.43. The number of aliphatic hydroxyl groups is 1. The predicted molar refractivity (Wildman–Crippen MR) is 82.4 cm³/mol. The number of hydrogen-bond donors (Lipinski definition) is 2. The van der Waals surface area contributed by atoms with Crippen LogP contribution in [0, 0.1) is 5.92 Å². The third-order valence-corrected chi connectivity index (χ3v) is 4.54. The van der Waals surface area contributed by atoms with Crippen LogP contribution in [-0.4, -0.2) is 47.8 Å². The summed E-state index contributed by atoms with van der Waals surface area (Å²) in [6.07, 6.45) is 5.37. The number of hydrogen-bond acceptors (Lipinski definition) is 3. The third kappa shape index (κ3) is 5.80. The molecule has 0 bridgehead atoms. The molecule has 0 spiro atoms. The maximum absolute atomic E-state index is 9.92. The summed E-state index contributed by atoms with van der Waals surface area (Å²) in [6, 6.07) is 1.27.